The smallest absolute Gasteiger partial charge is 0.244 e. The minimum Gasteiger partial charge on any atom is -0.379 e. The van der Waals surface area contributed by atoms with Gasteiger partial charge in [0, 0.05) is 31.9 Å². The lowest BCUT2D eigenvalue weighted by Crippen LogP contribution is -2.39. The molecular formula is C15H18ClFN6O. The third-order valence-electron chi connectivity index (χ3n) is 3.57. The van der Waals surface area contributed by atoms with Crippen molar-refractivity contribution < 1.29 is 9.13 Å². The maximum atomic E-state index is 13.2. The van der Waals surface area contributed by atoms with Crippen molar-refractivity contribution in [3.63, 3.8) is 0 Å². The molecule has 1 aliphatic rings. The number of morpholine rings is 1. The molecule has 1 fully saturated rings. The Morgan fingerprint density at radius 1 is 1.29 bits per heavy atom. The fraction of sp³-hybridized carbons (Fsp3) is 0.400. The van der Waals surface area contributed by atoms with E-state index in [0.717, 1.165) is 32.8 Å². The minimum atomic E-state index is -0.464. The summed E-state index contributed by atoms with van der Waals surface area (Å²) in [4.78, 5) is 6.64. The van der Waals surface area contributed by atoms with Gasteiger partial charge < -0.3 is 15.4 Å². The number of nitrogens with one attached hydrogen (secondary N) is 2. The lowest BCUT2D eigenvalue weighted by molar-refractivity contribution is 0.0398. The van der Waals surface area contributed by atoms with Crippen LogP contribution in [-0.2, 0) is 4.74 Å². The van der Waals surface area contributed by atoms with Gasteiger partial charge in [-0.3, -0.25) is 4.90 Å². The van der Waals surface area contributed by atoms with Crippen molar-refractivity contribution >= 4 is 29.1 Å². The van der Waals surface area contributed by atoms with Gasteiger partial charge in [-0.15, -0.1) is 5.10 Å². The van der Waals surface area contributed by atoms with Crippen LogP contribution < -0.4 is 10.6 Å². The molecule has 0 unspecified atom stereocenters. The van der Waals surface area contributed by atoms with Crippen LogP contribution in [0.15, 0.2) is 24.4 Å². The van der Waals surface area contributed by atoms with Crippen LogP contribution in [0, 0.1) is 5.82 Å². The average Bonchev–Trinajstić information content (AvgIpc) is 2.60. The quantitative estimate of drug-likeness (QED) is 0.825. The van der Waals surface area contributed by atoms with Crippen LogP contribution in [0.4, 0.5) is 21.8 Å². The highest BCUT2D eigenvalue weighted by atomic mass is 35.5. The zero-order chi connectivity index (χ0) is 16.8. The molecule has 1 saturated heterocycles. The van der Waals surface area contributed by atoms with Crippen LogP contribution in [0.5, 0.6) is 0 Å². The Kier molecular flexibility index (Phi) is 5.73. The summed E-state index contributed by atoms with van der Waals surface area (Å²) >= 11 is 5.76. The third kappa shape index (κ3) is 4.73. The Labute approximate surface area is 144 Å². The van der Waals surface area contributed by atoms with Crippen LogP contribution >= 0.6 is 11.6 Å². The summed E-state index contributed by atoms with van der Waals surface area (Å²) in [6.45, 7) is 5.03. The van der Waals surface area contributed by atoms with E-state index in [4.69, 9.17) is 16.3 Å². The molecule has 0 aliphatic carbocycles. The normalized spacial score (nSPS) is 15.2. The van der Waals surface area contributed by atoms with E-state index >= 15 is 0 Å². The number of hydrogen-bond acceptors (Lipinski definition) is 7. The highest BCUT2D eigenvalue weighted by molar-refractivity contribution is 6.31. The molecule has 9 heteroatoms. The molecule has 2 heterocycles. The van der Waals surface area contributed by atoms with Crippen LogP contribution in [0.2, 0.25) is 5.02 Å². The van der Waals surface area contributed by atoms with Crippen LogP contribution in [0.3, 0.4) is 0 Å². The first-order chi connectivity index (χ1) is 11.7. The summed E-state index contributed by atoms with van der Waals surface area (Å²) in [6, 6.07) is 4.36. The molecule has 0 amide bonds. The summed E-state index contributed by atoms with van der Waals surface area (Å²) in [5.41, 5.74) is 0.626. The molecule has 1 aromatic heterocycles. The average molecular weight is 353 g/mol. The lowest BCUT2D eigenvalue weighted by atomic mass is 10.3. The molecule has 0 spiro atoms. The van der Waals surface area contributed by atoms with E-state index in [0.29, 0.717) is 24.0 Å². The van der Waals surface area contributed by atoms with Crippen molar-refractivity contribution in [2.75, 3.05) is 50.0 Å². The third-order valence-corrected chi connectivity index (χ3v) is 3.86. The minimum absolute atomic E-state index is 0.0471. The van der Waals surface area contributed by atoms with Crippen molar-refractivity contribution in [2.24, 2.45) is 0 Å². The Morgan fingerprint density at radius 2 is 2.12 bits per heavy atom. The number of nitrogens with zero attached hydrogens (tertiary/aromatic N) is 4. The standard InChI is InChI=1S/C15H18ClFN6O/c16-12-9-11(1-2-13(12)17)20-14-10-19-22-15(21-14)18-3-4-23-5-7-24-8-6-23/h1-2,9-10H,3-8H2,(H2,18,20,21,22). The maximum absolute atomic E-state index is 13.2. The molecule has 0 radical (unpaired) electrons. The molecule has 0 saturated carbocycles. The monoisotopic (exact) mass is 352 g/mol. The van der Waals surface area contributed by atoms with Gasteiger partial charge in [0.05, 0.1) is 24.4 Å². The lowest BCUT2D eigenvalue weighted by Gasteiger charge is -2.26. The second-order valence-electron chi connectivity index (χ2n) is 5.30. The van der Waals surface area contributed by atoms with Crippen molar-refractivity contribution in [3.8, 4) is 0 Å². The zero-order valence-corrected chi connectivity index (χ0v) is 13.8. The van der Waals surface area contributed by atoms with Crippen LogP contribution in [-0.4, -0.2) is 59.5 Å². The first-order valence-electron chi connectivity index (χ1n) is 7.66. The van der Waals surface area contributed by atoms with E-state index in [1.807, 2.05) is 0 Å². The Bertz CT molecular complexity index is 683. The van der Waals surface area contributed by atoms with Gasteiger partial charge in [0.15, 0.2) is 5.82 Å². The summed E-state index contributed by atoms with van der Waals surface area (Å²) in [6.07, 6.45) is 1.49. The summed E-state index contributed by atoms with van der Waals surface area (Å²) in [5, 5.41) is 14.1. The first kappa shape index (κ1) is 16.8. The fourth-order valence-corrected chi connectivity index (χ4v) is 2.49. The largest absolute Gasteiger partial charge is 0.379 e. The summed E-state index contributed by atoms with van der Waals surface area (Å²) in [7, 11) is 0. The van der Waals surface area contributed by atoms with E-state index in [-0.39, 0.29) is 5.02 Å². The van der Waals surface area contributed by atoms with Crippen LogP contribution in [0.25, 0.3) is 0 Å². The Morgan fingerprint density at radius 3 is 2.92 bits per heavy atom. The van der Waals surface area contributed by atoms with Gasteiger partial charge in [-0.2, -0.15) is 10.1 Å². The molecule has 1 aromatic carbocycles. The van der Waals surface area contributed by atoms with Gasteiger partial charge in [-0.25, -0.2) is 4.39 Å². The molecule has 0 bridgehead atoms. The molecule has 128 valence electrons. The van der Waals surface area contributed by atoms with E-state index in [1.165, 1.54) is 18.3 Å². The number of ether oxygens (including phenoxy) is 1. The molecular weight excluding hydrogens is 335 g/mol. The first-order valence-corrected chi connectivity index (χ1v) is 8.04. The summed E-state index contributed by atoms with van der Waals surface area (Å²) in [5.74, 6) is 0.469. The van der Waals surface area contributed by atoms with E-state index in [1.54, 1.807) is 6.07 Å². The van der Waals surface area contributed by atoms with Gasteiger partial charge in [-0.1, -0.05) is 11.6 Å². The number of halogens is 2. The predicted octanol–water partition coefficient (Wildman–Crippen LogP) is 2.15. The van der Waals surface area contributed by atoms with E-state index < -0.39 is 5.82 Å². The molecule has 3 rings (SSSR count). The maximum Gasteiger partial charge on any atom is 0.244 e. The fourth-order valence-electron chi connectivity index (χ4n) is 2.31. The second-order valence-corrected chi connectivity index (χ2v) is 5.71. The molecule has 1 aliphatic heterocycles. The molecule has 7 nitrogen and oxygen atoms in total. The van der Waals surface area contributed by atoms with Gasteiger partial charge in [-0.05, 0) is 18.2 Å². The second kappa shape index (κ2) is 8.18. The molecule has 2 N–H and O–H groups in total. The Hall–Kier alpha value is -2.03. The molecule has 24 heavy (non-hydrogen) atoms. The van der Waals surface area contributed by atoms with Gasteiger partial charge >= 0.3 is 0 Å². The highest BCUT2D eigenvalue weighted by Gasteiger charge is 2.10. The van der Waals surface area contributed by atoms with Crippen molar-refractivity contribution in [3.05, 3.63) is 35.2 Å². The summed E-state index contributed by atoms with van der Waals surface area (Å²) < 4.78 is 18.5. The number of hydrogen-bond donors (Lipinski definition) is 2. The van der Waals surface area contributed by atoms with Gasteiger partial charge in [0.2, 0.25) is 5.95 Å². The topological polar surface area (TPSA) is 75.2 Å². The van der Waals surface area contributed by atoms with Gasteiger partial charge in [0.25, 0.3) is 0 Å². The van der Waals surface area contributed by atoms with Crippen LogP contribution in [0.1, 0.15) is 0 Å². The Balaban J connectivity index is 1.54. The highest BCUT2D eigenvalue weighted by Crippen LogP contribution is 2.21. The molecule has 2 aromatic rings. The number of benzene rings is 1. The SMILES string of the molecule is Fc1ccc(Nc2cnnc(NCCN3CCOCC3)n2)cc1Cl. The molecule has 0 atom stereocenters. The zero-order valence-electron chi connectivity index (χ0n) is 13.0. The van der Waals surface area contributed by atoms with Crippen molar-refractivity contribution in [2.45, 2.75) is 0 Å². The number of anilines is 3. The van der Waals surface area contributed by atoms with E-state index in [9.17, 15) is 4.39 Å². The predicted molar refractivity (Wildman–Crippen MR) is 90.3 cm³/mol. The van der Waals surface area contributed by atoms with Crippen molar-refractivity contribution in [1.29, 1.82) is 0 Å². The van der Waals surface area contributed by atoms with E-state index in [2.05, 4.69) is 30.7 Å². The van der Waals surface area contributed by atoms with Crippen molar-refractivity contribution in [1.82, 2.24) is 20.1 Å². The number of aromatic nitrogens is 3. The van der Waals surface area contributed by atoms with Gasteiger partial charge in [0.1, 0.15) is 5.82 Å². The number of rotatable bonds is 6.